The zero-order valence-corrected chi connectivity index (χ0v) is 11.9. The van der Waals surface area contributed by atoms with Crippen molar-refractivity contribution >= 4 is 29.2 Å². The Labute approximate surface area is 125 Å². The highest BCUT2D eigenvalue weighted by molar-refractivity contribution is 6.35. The average Bonchev–Trinajstić information content (AvgIpc) is 2.41. The molecule has 0 aliphatic carbocycles. The molecule has 0 heterocycles. The standard InChI is InChI=1S/C14H10Cl2O4/c1-19-14(18)10-4-3-9(7-12(10)17)20-13-5-2-8(15)6-11(13)16/h2-7,17H,1H3. The van der Waals surface area contributed by atoms with Gasteiger partial charge in [0, 0.05) is 11.1 Å². The quantitative estimate of drug-likeness (QED) is 0.859. The Morgan fingerprint density at radius 2 is 1.90 bits per heavy atom. The number of esters is 1. The third kappa shape index (κ3) is 3.15. The highest BCUT2D eigenvalue weighted by Gasteiger charge is 2.13. The second kappa shape index (κ2) is 6.03. The zero-order valence-electron chi connectivity index (χ0n) is 10.4. The largest absolute Gasteiger partial charge is 0.507 e. The van der Waals surface area contributed by atoms with Crippen molar-refractivity contribution < 1.29 is 19.4 Å². The molecule has 0 saturated carbocycles. The number of phenolic OH excluding ortho intramolecular Hbond substituents is 1. The molecule has 2 aromatic carbocycles. The van der Waals surface area contributed by atoms with Gasteiger partial charge in [-0.1, -0.05) is 23.2 Å². The van der Waals surface area contributed by atoms with Gasteiger partial charge in [-0.3, -0.25) is 0 Å². The molecule has 20 heavy (non-hydrogen) atoms. The topological polar surface area (TPSA) is 55.8 Å². The second-order valence-corrected chi connectivity index (χ2v) is 4.69. The first-order valence-electron chi connectivity index (χ1n) is 5.55. The Kier molecular flexibility index (Phi) is 4.37. The fraction of sp³-hybridized carbons (Fsp3) is 0.0714. The van der Waals surface area contributed by atoms with Gasteiger partial charge in [-0.2, -0.15) is 0 Å². The molecule has 0 atom stereocenters. The number of ether oxygens (including phenoxy) is 2. The Morgan fingerprint density at radius 3 is 2.50 bits per heavy atom. The number of aromatic hydroxyl groups is 1. The molecule has 2 rings (SSSR count). The van der Waals surface area contributed by atoms with Crippen LogP contribution in [0.25, 0.3) is 0 Å². The fourth-order valence-corrected chi connectivity index (χ4v) is 1.99. The molecule has 6 heteroatoms. The van der Waals surface area contributed by atoms with Gasteiger partial charge in [-0.15, -0.1) is 0 Å². The minimum atomic E-state index is -0.626. The lowest BCUT2D eigenvalue weighted by Gasteiger charge is -2.09. The van der Waals surface area contributed by atoms with Crippen LogP contribution in [-0.2, 0) is 4.74 Å². The number of benzene rings is 2. The number of hydrogen-bond acceptors (Lipinski definition) is 4. The first-order valence-corrected chi connectivity index (χ1v) is 6.31. The maximum Gasteiger partial charge on any atom is 0.341 e. The summed E-state index contributed by atoms with van der Waals surface area (Å²) in [4.78, 5) is 11.3. The molecule has 0 bridgehead atoms. The van der Waals surface area contributed by atoms with Crippen LogP contribution in [0.2, 0.25) is 10.0 Å². The van der Waals surface area contributed by atoms with Gasteiger partial charge in [-0.05, 0) is 30.3 Å². The third-order valence-electron chi connectivity index (χ3n) is 2.50. The summed E-state index contributed by atoms with van der Waals surface area (Å²) >= 11 is 11.8. The predicted octanol–water partition coefficient (Wildman–Crippen LogP) is 4.28. The number of rotatable bonds is 3. The summed E-state index contributed by atoms with van der Waals surface area (Å²) in [6.07, 6.45) is 0. The molecular formula is C14H10Cl2O4. The molecule has 0 saturated heterocycles. The van der Waals surface area contributed by atoms with E-state index in [0.29, 0.717) is 21.5 Å². The van der Waals surface area contributed by atoms with Gasteiger partial charge in [0.05, 0.1) is 12.1 Å². The van der Waals surface area contributed by atoms with Crippen molar-refractivity contribution in [1.29, 1.82) is 0 Å². The Morgan fingerprint density at radius 1 is 1.15 bits per heavy atom. The normalized spacial score (nSPS) is 10.2. The lowest BCUT2D eigenvalue weighted by atomic mass is 10.2. The van der Waals surface area contributed by atoms with Crippen molar-refractivity contribution in [2.24, 2.45) is 0 Å². The van der Waals surface area contributed by atoms with Crippen LogP contribution in [0.15, 0.2) is 36.4 Å². The van der Waals surface area contributed by atoms with Crippen molar-refractivity contribution in [3.8, 4) is 17.2 Å². The summed E-state index contributed by atoms with van der Waals surface area (Å²) in [5, 5.41) is 10.6. The van der Waals surface area contributed by atoms with Crippen molar-refractivity contribution in [3.05, 3.63) is 52.0 Å². The minimum absolute atomic E-state index is 0.0575. The molecule has 0 aliphatic rings. The summed E-state index contributed by atoms with van der Waals surface area (Å²) in [5.41, 5.74) is 0.0575. The van der Waals surface area contributed by atoms with Crippen LogP contribution >= 0.6 is 23.2 Å². The van der Waals surface area contributed by atoms with Crippen LogP contribution in [0.5, 0.6) is 17.2 Å². The number of carbonyl (C=O) groups is 1. The molecule has 0 aromatic heterocycles. The van der Waals surface area contributed by atoms with Gasteiger partial charge >= 0.3 is 5.97 Å². The van der Waals surface area contributed by atoms with Gasteiger partial charge in [0.2, 0.25) is 0 Å². The number of halogens is 2. The van der Waals surface area contributed by atoms with E-state index in [4.69, 9.17) is 27.9 Å². The Balaban J connectivity index is 2.26. The molecule has 2 aromatic rings. The lowest BCUT2D eigenvalue weighted by molar-refractivity contribution is 0.0597. The van der Waals surface area contributed by atoms with Gasteiger partial charge < -0.3 is 14.6 Å². The summed E-state index contributed by atoms with van der Waals surface area (Å²) in [6, 6.07) is 9.01. The van der Waals surface area contributed by atoms with E-state index < -0.39 is 5.97 Å². The molecule has 0 radical (unpaired) electrons. The maximum absolute atomic E-state index is 11.3. The van der Waals surface area contributed by atoms with Crippen molar-refractivity contribution in [1.82, 2.24) is 0 Å². The SMILES string of the molecule is COC(=O)c1ccc(Oc2ccc(Cl)cc2Cl)cc1O. The van der Waals surface area contributed by atoms with E-state index in [-0.39, 0.29) is 11.3 Å². The highest BCUT2D eigenvalue weighted by atomic mass is 35.5. The lowest BCUT2D eigenvalue weighted by Crippen LogP contribution is -2.01. The highest BCUT2D eigenvalue weighted by Crippen LogP contribution is 2.33. The molecule has 1 N–H and O–H groups in total. The van der Waals surface area contributed by atoms with E-state index >= 15 is 0 Å². The molecule has 4 nitrogen and oxygen atoms in total. The van der Waals surface area contributed by atoms with E-state index in [0.717, 1.165) is 0 Å². The van der Waals surface area contributed by atoms with Crippen LogP contribution in [0.3, 0.4) is 0 Å². The number of phenols is 1. The Hall–Kier alpha value is -1.91. The fourth-order valence-electron chi connectivity index (χ4n) is 1.54. The first-order chi connectivity index (χ1) is 9.51. The molecule has 104 valence electrons. The summed E-state index contributed by atoms with van der Waals surface area (Å²) < 4.78 is 10.0. The van der Waals surface area contributed by atoms with E-state index in [1.54, 1.807) is 18.2 Å². The maximum atomic E-state index is 11.3. The van der Waals surface area contributed by atoms with Gasteiger partial charge in [-0.25, -0.2) is 4.79 Å². The molecule has 0 unspecified atom stereocenters. The molecule has 0 fully saturated rings. The number of methoxy groups -OCH3 is 1. The third-order valence-corrected chi connectivity index (χ3v) is 3.03. The van der Waals surface area contributed by atoms with Crippen LogP contribution < -0.4 is 4.74 Å². The minimum Gasteiger partial charge on any atom is -0.507 e. The predicted molar refractivity (Wildman–Crippen MR) is 76.0 cm³/mol. The van der Waals surface area contributed by atoms with Crippen molar-refractivity contribution in [3.63, 3.8) is 0 Å². The van der Waals surface area contributed by atoms with Crippen LogP contribution in [0.4, 0.5) is 0 Å². The van der Waals surface area contributed by atoms with Gasteiger partial charge in [0.25, 0.3) is 0 Å². The van der Waals surface area contributed by atoms with E-state index in [1.807, 2.05) is 0 Å². The summed E-state index contributed by atoms with van der Waals surface area (Å²) in [5.74, 6) is -0.140. The summed E-state index contributed by atoms with van der Waals surface area (Å²) in [6.45, 7) is 0. The number of hydrogen-bond donors (Lipinski definition) is 1. The Bertz CT molecular complexity index is 656. The van der Waals surface area contributed by atoms with Crippen LogP contribution in [-0.4, -0.2) is 18.2 Å². The van der Waals surface area contributed by atoms with Crippen LogP contribution in [0.1, 0.15) is 10.4 Å². The zero-order chi connectivity index (χ0) is 14.7. The van der Waals surface area contributed by atoms with Crippen molar-refractivity contribution in [2.75, 3.05) is 7.11 Å². The second-order valence-electron chi connectivity index (χ2n) is 3.85. The van der Waals surface area contributed by atoms with Crippen LogP contribution in [0, 0.1) is 0 Å². The van der Waals surface area contributed by atoms with E-state index in [1.165, 1.54) is 25.3 Å². The van der Waals surface area contributed by atoms with Gasteiger partial charge in [0.1, 0.15) is 22.8 Å². The molecule has 0 aliphatic heterocycles. The van der Waals surface area contributed by atoms with Gasteiger partial charge in [0.15, 0.2) is 0 Å². The van der Waals surface area contributed by atoms with Crippen molar-refractivity contribution in [2.45, 2.75) is 0 Å². The van der Waals surface area contributed by atoms with E-state index in [9.17, 15) is 9.90 Å². The van der Waals surface area contributed by atoms with E-state index in [2.05, 4.69) is 4.74 Å². The number of carbonyl (C=O) groups excluding carboxylic acids is 1. The molecule has 0 spiro atoms. The molecular weight excluding hydrogens is 303 g/mol. The molecule has 0 amide bonds. The average molecular weight is 313 g/mol. The summed E-state index contributed by atoms with van der Waals surface area (Å²) in [7, 11) is 1.24. The monoisotopic (exact) mass is 312 g/mol. The first kappa shape index (κ1) is 14.5. The smallest absolute Gasteiger partial charge is 0.341 e.